The first-order valence-corrected chi connectivity index (χ1v) is 11.5. The van der Waals surface area contributed by atoms with Gasteiger partial charge in [-0.25, -0.2) is 9.97 Å². The average molecular weight is 431 g/mol. The van der Waals surface area contributed by atoms with Gasteiger partial charge in [-0.15, -0.1) is 23.4 Å². The Morgan fingerprint density at radius 3 is 2.69 bits per heavy atom. The van der Waals surface area contributed by atoms with Crippen LogP contribution in [-0.2, 0) is 6.54 Å². The van der Waals surface area contributed by atoms with Gasteiger partial charge in [-0.2, -0.15) is 11.8 Å². The molecule has 0 radical (unpaired) electrons. The SMILES string of the molecule is Cc1nc(C)c(Cl)c(NCc2nccc(SCCCSCCCl)c2C)n1. The lowest BCUT2D eigenvalue weighted by atomic mass is 10.2. The third-order valence-corrected chi connectivity index (χ3v) is 6.90. The van der Waals surface area contributed by atoms with Gasteiger partial charge in [0.25, 0.3) is 0 Å². The smallest absolute Gasteiger partial charge is 0.149 e. The average Bonchev–Trinajstić information content (AvgIpc) is 2.62. The van der Waals surface area contributed by atoms with Crippen LogP contribution < -0.4 is 5.32 Å². The van der Waals surface area contributed by atoms with Crippen LogP contribution in [0.25, 0.3) is 0 Å². The van der Waals surface area contributed by atoms with Crippen LogP contribution in [0.2, 0.25) is 5.02 Å². The second-order valence-corrected chi connectivity index (χ2v) is 8.87. The van der Waals surface area contributed by atoms with E-state index in [1.165, 1.54) is 16.9 Å². The number of alkyl halides is 1. The van der Waals surface area contributed by atoms with E-state index in [9.17, 15) is 0 Å². The van der Waals surface area contributed by atoms with E-state index in [1.807, 2.05) is 43.6 Å². The van der Waals surface area contributed by atoms with Gasteiger partial charge in [0.15, 0.2) is 0 Å². The topological polar surface area (TPSA) is 50.7 Å². The largest absolute Gasteiger partial charge is 0.363 e. The van der Waals surface area contributed by atoms with Gasteiger partial charge >= 0.3 is 0 Å². The second-order valence-electron chi connectivity index (χ2n) is 5.76. The van der Waals surface area contributed by atoms with E-state index in [2.05, 4.69) is 33.3 Å². The van der Waals surface area contributed by atoms with Gasteiger partial charge in [0, 0.05) is 22.7 Å². The minimum atomic E-state index is 0.563. The summed E-state index contributed by atoms with van der Waals surface area (Å²) in [7, 11) is 0. The molecule has 2 aromatic rings. The van der Waals surface area contributed by atoms with E-state index in [1.54, 1.807) is 0 Å². The number of nitrogens with one attached hydrogen (secondary N) is 1. The summed E-state index contributed by atoms with van der Waals surface area (Å²) in [5, 5.41) is 3.86. The summed E-state index contributed by atoms with van der Waals surface area (Å²) in [6.45, 7) is 6.45. The van der Waals surface area contributed by atoms with Crippen LogP contribution >= 0.6 is 46.7 Å². The predicted molar refractivity (Wildman–Crippen MR) is 116 cm³/mol. The lowest BCUT2D eigenvalue weighted by Crippen LogP contribution is -2.08. The summed E-state index contributed by atoms with van der Waals surface area (Å²) in [6, 6.07) is 2.08. The highest BCUT2D eigenvalue weighted by atomic mass is 35.5. The molecule has 2 rings (SSSR count). The van der Waals surface area contributed by atoms with Crippen molar-refractivity contribution >= 4 is 52.5 Å². The Morgan fingerprint density at radius 2 is 1.92 bits per heavy atom. The monoisotopic (exact) mass is 430 g/mol. The summed E-state index contributed by atoms with van der Waals surface area (Å²) in [4.78, 5) is 14.5. The molecule has 4 nitrogen and oxygen atoms in total. The second kappa shape index (κ2) is 11.2. The van der Waals surface area contributed by atoms with Gasteiger partial charge in [0.2, 0.25) is 0 Å². The molecule has 142 valence electrons. The van der Waals surface area contributed by atoms with Crippen LogP contribution in [0.4, 0.5) is 5.82 Å². The van der Waals surface area contributed by atoms with E-state index >= 15 is 0 Å². The van der Waals surface area contributed by atoms with Gasteiger partial charge < -0.3 is 5.32 Å². The molecule has 0 bridgehead atoms. The van der Waals surface area contributed by atoms with Crippen LogP contribution in [0, 0.1) is 20.8 Å². The van der Waals surface area contributed by atoms with E-state index in [0.29, 0.717) is 23.2 Å². The summed E-state index contributed by atoms with van der Waals surface area (Å²) >= 11 is 15.8. The number of hydrogen-bond donors (Lipinski definition) is 1. The van der Waals surface area contributed by atoms with E-state index < -0.39 is 0 Å². The maximum Gasteiger partial charge on any atom is 0.149 e. The van der Waals surface area contributed by atoms with E-state index in [0.717, 1.165) is 34.5 Å². The van der Waals surface area contributed by atoms with Crippen molar-refractivity contribution in [2.75, 3.05) is 28.5 Å². The van der Waals surface area contributed by atoms with Crippen molar-refractivity contribution in [1.29, 1.82) is 0 Å². The molecule has 0 saturated heterocycles. The van der Waals surface area contributed by atoms with Gasteiger partial charge in [-0.1, -0.05) is 11.6 Å². The standard InChI is InChI=1S/C18H24Cl2N4S2/c1-12-15(11-22-18-17(20)13(2)23-14(3)24-18)21-7-5-16(12)26-9-4-8-25-10-6-19/h5,7H,4,6,8-11H2,1-3H3,(H,22,23,24). The minimum Gasteiger partial charge on any atom is -0.363 e. The third-order valence-electron chi connectivity index (χ3n) is 3.72. The number of hydrogen-bond acceptors (Lipinski definition) is 6. The number of anilines is 1. The molecule has 0 atom stereocenters. The summed E-state index contributed by atoms with van der Waals surface area (Å²) in [6.07, 6.45) is 3.04. The number of halogens is 2. The number of pyridine rings is 1. The van der Waals surface area contributed by atoms with Crippen LogP contribution in [0.3, 0.4) is 0 Å². The van der Waals surface area contributed by atoms with Gasteiger partial charge in [0.05, 0.1) is 17.9 Å². The molecule has 2 heterocycles. The molecule has 2 aromatic heterocycles. The van der Waals surface area contributed by atoms with Gasteiger partial charge in [-0.3, -0.25) is 4.98 Å². The van der Waals surface area contributed by atoms with Crippen molar-refractivity contribution in [2.24, 2.45) is 0 Å². The van der Waals surface area contributed by atoms with Crippen LogP contribution in [0.1, 0.15) is 29.2 Å². The Morgan fingerprint density at radius 1 is 1.12 bits per heavy atom. The Kier molecular flexibility index (Phi) is 9.33. The Balaban J connectivity index is 1.94. The molecule has 0 aliphatic carbocycles. The Bertz CT molecular complexity index is 729. The van der Waals surface area contributed by atoms with Crippen molar-refractivity contribution in [3.05, 3.63) is 40.1 Å². The number of rotatable bonds is 10. The molecule has 26 heavy (non-hydrogen) atoms. The lowest BCUT2D eigenvalue weighted by Gasteiger charge is -2.13. The van der Waals surface area contributed by atoms with Crippen molar-refractivity contribution in [3.8, 4) is 0 Å². The van der Waals surface area contributed by atoms with Gasteiger partial charge in [0.1, 0.15) is 16.7 Å². The Hall–Kier alpha value is -0.690. The Labute approximate surface area is 174 Å². The molecule has 0 amide bonds. The first-order valence-electron chi connectivity index (χ1n) is 8.48. The zero-order chi connectivity index (χ0) is 18.9. The number of aromatic nitrogens is 3. The highest BCUT2D eigenvalue weighted by Gasteiger charge is 2.10. The van der Waals surface area contributed by atoms with Crippen molar-refractivity contribution < 1.29 is 0 Å². The highest BCUT2D eigenvalue weighted by Crippen LogP contribution is 2.26. The van der Waals surface area contributed by atoms with Crippen LogP contribution in [0.15, 0.2) is 17.2 Å². The molecule has 1 N–H and O–H groups in total. The normalized spacial score (nSPS) is 11.0. The van der Waals surface area contributed by atoms with E-state index in [-0.39, 0.29) is 0 Å². The zero-order valence-corrected chi connectivity index (χ0v) is 18.5. The third kappa shape index (κ3) is 6.48. The predicted octanol–water partition coefficient (Wildman–Crippen LogP) is 5.52. The maximum absolute atomic E-state index is 6.30. The fourth-order valence-corrected chi connectivity index (χ4v) is 4.70. The zero-order valence-electron chi connectivity index (χ0n) is 15.3. The fourth-order valence-electron chi connectivity index (χ4n) is 2.38. The molecular weight excluding hydrogens is 407 g/mol. The molecule has 0 saturated carbocycles. The molecule has 0 unspecified atom stereocenters. The summed E-state index contributed by atoms with van der Waals surface area (Å²) in [5.41, 5.74) is 3.00. The molecule has 0 fully saturated rings. The molecule has 8 heteroatoms. The summed E-state index contributed by atoms with van der Waals surface area (Å²) in [5.74, 6) is 5.38. The molecular formula is C18H24Cl2N4S2. The number of thioether (sulfide) groups is 2. The van der Waals surface area contributed by atoms with Gasteiger partial charge in [-0.05, 0) is 50.3 Å². The van der Waals surface area contributed by atoms with Crippen molar-refractivity contribution in [3.63, 3.8) is 0 Å². The highest BCUT2D eigenvalue weighted by molar-refractivity contribution is 8.00. The first kappa shape index (κ1) is 21.6. The van der Waals surface area contributed by atoms with Crippen molar-refractivity contribution in [2.45, 2.75) is 38.6 Å². The minimum absolute atomic E-state index is 0.563. The maximum atomic E-state index is 6.30. The molecule has 0 aliphatic rings. The fraction of sp³-hybridized carbons (Fsp3) is 0.500. The quantitative estimate of drug-likeness (QED) is 0.304. The molecule has 0 aromatic carbocycles. The van der Waals surface area contributed by atoms with E-state index in [4.69, 9.17) is 23.2 Å². The molecule has 0 spiro atoms. The van der Waals surface area contributed by atoms with Crippen LogP contribution in [-0.4, -0.2) is 38.1 Å². The number of aryl methyl sites for hydroxylation is 2. The van der Waals surface area contributed by atoms with Crippen molar-refractivity contribution in [1.82, 2.24) is 15.0 Å². The summed E-state index contributed by atoms with van der Waals surface area (Å²) < 4.78 is 0. The van der Waals surface area contributed by atoms with Crippen LogP contribution in [0.5, 0.6) is 0 Å². The molecule has 0 aliphatic heterocycles. The lowest BCUT2D eigenvalue weighted by molar-refractivity contribution is 0.954. The number of nitrogens with zero attached hydrogens (tertiary/aromatic N) is 3. The first-order chi connectivity index (χ1) is 12.5.